The van der Waals surface area contributed by atoms with E-state index < -0.39 is 0 Å². The van der Waals surface area contributed by atoms with Crippen molar-refractivity contribution in [3.8, 4) is 0 Å². The molecule has 0 amide bonds. The summed E-state index contributed by atoms with van der Waals surface area (Å²) in [5.41, 5.74) is 7.48. The first-order chi connectivity index (χ1) is 7.66. The zero-order chi connectivity index (χ0) is 11.5. The number of aryl methyl sites for hydroxylation is 1. The Kier molecular flexibility index (Phi) is 3.39. The molecule has 0 radical (unpaired) electrons. The van der Waals surface area contributed by atoms with Crippen LogP contribution in [0.1, 0.15) is 30.5 Å². The number of nitrogens with one attached hydrogen (secondary N) is 1. The molecule has 86 valence electrons. The number of thiocarbonyl (C=S) groups is 1. The molecule has 0 aromatic carbocycles. The van der Waals surface area contributed by atoms with Gasteiger partial charge in [0.25, 0.3) is 0 Å². The summed E-state index contributed by atoms with van der Waals surface area (Å²) in [6.45, 7) is 2.92. The fraction of sp³-hybridized carbons (Fsp3) is 0.500. The molecular formula is C12H17N3S. The van der Waals surface area contributed by atoms with Gasteiger partial charge in [0.1, 0.15) is 10.8 Å². The van der Waals surface area contributed by atoms with Crippen molar-refractivity contribution in [1.29, 1.82) is 0 Å². The SMILES string of the molecule is Cc1ccc(C(N)=S)c(NCCC2CC2)n1. The van der Waals surface area contributed by atoms with Crippen molar-refractivity contribution in [1.82, 2.24) is 4.98 Å². The number of rotatable bonds is 5. The smallest absolute Gasteiger partial charge is 0.136 e. The van der Waals surface area contributed by atoms with Crippen molar-refractivity contribution in [2.24, 2.45) is 11.7 Å². The molecule has 1 aromatic heterocycles. The maximum atomic E-state index is 5.66. The maximum Gasteiger partial charge on any atom is 0.136 e. The molecule has 1 fully saturated rings. The van der Waals surface area contributed by atoms with Crippen LogP contribution in [0.2, 0.25) is 0 Å². The Hall–Kier alpha value is -1.16. The largest absolute Gasteiger partial charge is 0.389 e. The lowest BCUT2D eigenvalue weighted by atomic mass is 10.2. The Morgan fingerprint density at radius 2 is 2.31 bits per heavy atom. The van der Waals surface area contributed by atoms with E-state index in [1.807, 2.05) is 19.1 Å². The van der Waals surface area contributed by atoms with E-state index in [4.69, 9.17) is 18.0 Å². The summed E-state index contributed by atoms with van der Waals surface area (Å²) in [6.07, 6.45) is 3.97. The van der Waals surface area contributed by atoms with Crippen molar-refractivity contribution in [3.63, 3.8) is 0 Å². The maximum absolute atomic E-state index is 5.66. The van der Waals surface area contributed by atoms with Crippen LogP contribution in [-0.2, 0) is 0 Å². The second-order valence-corrected chi connectivity index (χ2v) is 4.81. The third-order valence-electron chi connectivity index (χ3n) is 2.84. The van der Waals surface area contributed by atoms with E-state index in [-0.39, 0.29) is 0 Å². The lowest BCUT2D eigenvalue weighted by molar-refractivity contribution is 0.758. The topological polar surface area (TPSA) is 50.9 Å². The summed E-state index contributed by atoms with van der Waals surface area (Å²) in [5, 5.41) is 3.33. The quantitative estimate of drug-likeness (QED) is 0.768. The van der Waals surface area contributed by atoms with E-state index in [0.717, 1.165) is 29.5 Å². The van der Waals surface area contributed by atoms with E-state index >= 15 is 0 Å². The van der Waals surface area contributed by atoms with Crippen molar-refractivity contribution in [2.75, 3.05) is 11.9 Å². The van der Waals surface area contributed by atoms with Gasteiger partial charge >= 0.3 is 0 Å². The Morgan fingerprint density at radius 1 is 1.56 bits per heavy atom. The highest BCUT2D eigenvalue weighted by atomic mass is 32.1. The number of pyridine rings is 1. The van der Waals surface area contributed by atoms with Crippen LogP contribution in [0.15, 0.2) is 12.1 Å². The highest BCUT2D eigenvalue weighted by Gasteiger charge is 2.20. The summed E-state index contributed by atoms with van der Waals surface area (Å²) in [6, 6.07) is 3.87. The molecule has 16 heavy (non-hydrogen) atoms. The molecule has 3 N–H and O–H groups in total. The lowest BCUT2D eigenvalue weighted by Gasteiger charge is -2.10. The molecule has 0 saturated heterocycles. The van der Waals surface area contributed by atoms with Gasteiger partial charge in [0.2, 0.25) is 0 Å². The van der Waals surface area contributed by atoms with Gasteiger partial charge in [-0.3, -0.25) is 0 Å². The van der Waals surface area contributed by atoms with Crippen LogP contribution >= 0.6 is 12.2 Å². The molecule has 0 spiro atoms. The molecule has 0 unspecified atom stereocenters. The van der Waals surface area contributed by atoms with Crippen LogP contribution in [0.25, 0.3) is 0 Å². The van der Waals surface area contributed by atoms with Crippen LogP contribution in [-0.4, -0.2) is 16.5 Å². The molecule has 1 aliphatic carbocycles. The minimum Gasteiger partial charge on any atom is -0.389 e. The first-order valence-corrected chi connectivity index (χ1v) is 6.09. The van der Waals surface area contributed by atoms with Gasteiger partial charge in [-0.05, 0) is 31.4 Å². The zero-order valence-electron chi connectivity index (χ0n) is 9.49. The van der Waals surface area contributed by atoms with Gasteiger partial charge in [-0.2, -0.15) is 0 Å². The van der Waals surface area contributed by atoms with Crippen molar-refractivity contribution < 1.29 is 0 Å². The molecule has 2 rings (SSSR count). The molecule has 1 aromatic rings. The Balaban J connectivity index is 2.03. The molecule has 0 bridgehead atoms. The molecule has 4 heteroatoms. The van der Waals surface area contributed by atoms with Crippen molar-refractivity contribution in [2.45, 2.75) is 26.2 Å². The predicted molar refractivity (Wildman–Crippen MR) is 70.7 cm³/mol. The van der Waals surface area contributed by atoms with Crippen LogP contribution in [0.3, 0.4) is 0 Å². The minimum atomic E-state index is 0.404. The van der Waals surface area contributed by atoms with E-state index in [1.54, 1.807) is 0 Å². The Labute approximate surface area is 101 Å². The van der Waals surface area contributed by atoms with E-state index in [9.17, 15) is 0 Å². The highest BCUT2D eigenvalue weighted by Crippen LogP contribution is 2.32. The van der Waals surface area contributed by atoms with Crippen LogP contribution in [0.5, 0.6) is 0 Å². The van der Waals surface area contributed by atoms with Gasteiger partial charge in [0.15, 0.2) is 0 Å². The monoisotopic (exact) mass is 235 g/mol. The fourth-order valence-corrected chi connectivity index (χ4v) is 1.86. The number of anilines is 1. The van der Waals surface area contributed by atoms with Gasteiger partial charge in [-0.25, -0.2) is 4.98 Å². The number of nitrogens with two attached hydrogens (primary N) is 1. The zero-order valence-corrected chi connectivity index (χ0v) is 10.3. The molecule has 0 aliphatic heterocycles. The number of hydrogen-bond acceptors (Lipinski definition) is 3. The Morgan fingerprint density at radius 3 is 2.94 bits per heavy atom. The van der Waals surface area contributed by atoms with Gasteiger partial charge in [-0.1, -0.05) is 25.1 Å². The van der Waals surface area contributed by atoms with E-state index in [1.165, 1.54) is 19.3 Å². The van der Waals surface area contributed by atoms with Crippen LogP contribution in [0, 0.1) is 12.8 Å². The molecule has 1 aliphatic rings. The van der Waals surface area contributed by atoms with Crippen LogP contribution < -0.4 is 11.1 Å². The number of aromatic nitrogens is 1. The van der Waals surface area contributed by atoms with Gasteiger partial charge < -0.3 is 11.1 Å². The Bertz CT molecular complexity index is 399. The highest BCUT2D eigenvalue weighted by molar-refractivity contribution is 7.80. The van der Waals surface area contributed by atoms with Crippen molar-refractivity contribution >= 4 is 23.0 Å². The summed E-state index contributed by atoms with van der Waals surface area (Å²) in [7, 11) is 0. The number of nitrogens with zero attached hydrogens (tertiary/aromatic N) is 1. The van der Waals surface area contributed by atoms with E-state index in [0.29, 0.717) is 4.99 Å². The van der Waals surface area contributed by atoms with Gasteiger partial charge in [0, 0.05) is 12.2 Å². The normalized spacial score (nSPS) is 14.8. The second kappa shape index (κ2) is 4.78. The first kappa shape index (κ1) is 11.3. The lowest BCUT2D eigenvalue weighted by Crippen LogP contribution is -2.15. The molecule has 1 saturated carbocycles. The van der Waals surface area contributed by atoms with Crippen molar-refractivity contribution in [3.05, 3.63) is 23.4 Å². The fourth-order valence-electron chi connectivity index (χ4n) is 1.69. The second-order valence-electron chi connectivity index (χ2n) is 4.37. The average molecular weight is 235 g/mol. The standard InChI is InChI=1S/C12H17N3S/c1-8-2-5-10(11(13)16)12(15-8)14-7-6-9-3-4-9/h2,5,9H,3-4,6-7H2,1H3,(H2,13,16)(H,14,15). The van der Waals surface area contributed by atoms with Crippen LogP contribution in [0.4, 0.5) is 5.82 Å². The first-order valence-electron chi connectivity index (χ1n) is 5.68. The molecular weight excluding hydrogens is 218 g/mol. The van der Waals surface area contributed by atoms with E-state index in [2.05, 4.69) is 10.3 Å². The molecule has 0 atom stereocenters. The average Bonchev–Trinajstić information content (AvgIpc) is 3.01. The third-order valence-corrected chi connectivity index (χ3v) is 3.06. The van der Waals surface area contributed by atoms with Gasteiger partial charge in [0.05, 0.1) is 5.56 Å². The van der Waals surface area contributed by atoms with Gasteiger partial charge in [-0.15, -0.1) is 0 Å². The minimum absolute atomic E-state index is 0.404. The summed E-state index contributed by atoms with van der Waals surface area (Å²) in [5.74, 6) is 1.75. The summed E-state index contributed by atoms with van der Waals surface area (Å²) < 4.78 is 0. The summed E-state index contributed by atoms with van der Waals surface area (Å²) in [4.78, 5) is 4.84. The summed E-state index contributed by atoms with van der Waals surface area (Å²) >= 11 is 5.00. The molecule has 1 heterocycles. The molecule has 3 nitrogen and oxygen atoms in total. The predicted octanol–water partition coefficient (Wildman–Crippen LogP) is 2.24. The third kappa shape index (κ3) is 2.92. The number of hydrogen-bond donors (Lipinski definition) is 2.